The van der Waals surface area contributed by atoms with Crippen LogP contribution in [0.1, 0.15) is 46.0 Å². The molecule has 0 aromatic carbocycles. The van der Waals surface area contributed by atoms with Crippen LogP contribution in [-0.4, -0.2) is 16.0 Å². The minimum atomic E-state index is -0.291. The molecule has 0 saturated heterocycles. The highest BCUT2D eigenvalue weighted by atomic mass is 16.5. The van der Waals surface area contributed by atoms with E-state index in [-0.39, 0.29) is 23.8 Å². The summed E-state index contributed by atoms with van der Waals surface area (Å²) in [4.78, 5) is 16.3. The molecule has 2 aromatic rings. The Balaban J connectivity index is 2.23. The van der Waals surface area contributed by atoms with Crippen molar-refractivity contribution in [2.24, 2.45) is 11.8 Å². The van der Waals surface area contributed by atoms with Crippen molar-refractivity contribution in [2.75, 3.05) is 0 Å². The van der Waals surface area contributed by atoms with Gasteiger partial charge >= 0.3 is 0 Å². The highest BCUT2D eigenvalue weighted by Gasteiger charge is 2.27. The van der Waals surface area contributed by atoms with Gasteiger partial charge in [-0.3, -0.25) is 4.79 Å². The van der Waals surface area contributed by atoms with Crippen LogP contribution in [0.2, 0.25) is 0 Å². The fourth-order valence-electron chi connectivity index (χ4n) is 1.87. The Hall–Kier alpha value is -2.11. The molecule has 1 N–H and O–H groups in total. The Kier molecular flexibility index (Phi) is 4.77. The molecule has 0 saturated carbocycles. The number of amides is 1. The van der Waals surface area contributed by atoms with Crippen molar-refractivity contribution in [3.05, 3.63) is 24.3 Å². The van der Waals surface area contributed by atoms with Crippen molar-refractivity contribution in [2.45, 2.75) is 40.2 Å². The van der Waals surface area contributed by atoms with Gasteiger partial charge in [0.15, 0.2) is 5.76 Å². The molecule has 0 bridgehead atoms. The number of rotatable bonds is 6. The molecule has 2 aromatic heterocycles. The van der Waals surface area contributed by atoms with Crippen LogP contribution in [0, 0.1) is 11.8 Å². The van der Waals surface area contributed by atoms with Gasteiger partial charge in [0.25, 0.3) is 0 Å². The number of furan rings is 1. The lowest BCUT2D eigenvalue weighted by Gasteiger charge is -2.21. The number of hydrogen-bond acceptors (Lipinski definition) is 5. The lowest BCUT2D eigenvalue weighted by molar-refractivity contribution is -0.125. The maximum absolute atomic E-state index is 12.0. The molecule has 0 fully saturated rings. The highest BCUT2D eigenvalue weighted by Crippen LogP contribution is 2.26. The van der Waals surface area contributed by atoms with E-state index < -0.39 is 0 Å². The molecule has 0 unspecified atom stereocenters. The number of hydrogen-bond donors (Lipinski definition) is 1. The van der Waals surface area contributed by atoms with E-state index in [4.69, 9.17) is 8.94 Å². The first kappa shape index (κ1) is 15.3. The minimum absolute atomic E-state index is 0.0296. The van der Waals surface area contributed by atoms with Crippen LogP contribution in [0.4, 0.5) is 0 Å². The summed E-state index contributed by atoms with van der Waals surface area (Å²) >= 11 is 0. The lowest BCUT2D eigenvalue weighted by atomic mass is 9.98. The van der Waals surface area contributed by atoms with Crippen molar-refractivity contribution in [3.8, 4) is 11.6 Å². The predicted molar refractivity (Wildman–Crippen MR) is 77.2 cm³/mol. The fourth-order valence-corrected chi connectivity index (χ4v) is 1.87. The second-order valence-corrected chi connectivity index (χ2v) is 5.46. The molecule has 2 heterocycles. The first-order chi connectivity index (χ1) is 10.0. The van der Waals surface area contributed by atoms with Crippen molar-refractivity contribution < 1.29 is 13.7 Å². The van der Waals surface area contributed by atoms with Crippen molar-refractivity contribution in [3.63, 3.8) is 0 Å². The summed E-state index contributed by atoms with van der Waals surface area (Å²) in [6.45, 7) is 7.81. The summed E-state index contributed by atoms with van der Waals surface area (Å²) < 4.78 is 10.6. The normalized spacial score (nSPS) is 14.1. The quantitative estimate of drug-likeness (QED) is 0.884. The highest BCUT2D eigenvalue weighted by molar-refractivity contribution is 5.78. The van der Waals surface area contributed by atoms with E-state index in [1.54, 1.807) is 18.4 Å². The minimum Gasteiger partial charge on any atom is -0.461 e. The van der Waals surface area contributed by atoms with E-state index in [1.165, 1.54) is 0 Å². The van der Waals surface area contributed by atoms with Gasteiger partial charge in [-0.1, -0.05) is 39.3 Å². The maximum Gasteiger partial charge on any atom is 0.249 e. The fraction of sp³-hybridized carbons (Fsp3) is 0.533. The van der Waals surface area contributed by atoms with E-state index in [0.29, 0.717) is 17.5 Å². The maximum atomic E-state index is 12.0. The van der Waals surface area contributed by atoms with E-state index in [2.05, 4.69) is 22.4 Å². The Morgan fingerprint density at radius 2 is 2.14 bits per heavy atom. The topological polar surface area (TPSA) is 81.2 Å². The van der Waals surface area contributed by atoms with Gasteiger partial charge in [0.2, 0.25) is 17.6 Å². The predicted octanol–water partition coefficient (Wildman–Crippen LogP) is 3.19. The molecule has 6 heteroatoms. The SMILES string of the molecule is CC[C@@H](C)[C@@H](NC(=O)C(C)C)c1nc(-c2ccco2)no1. The molecule has 1 amide bonds. The first-order valence-corrected chi connectivity index (χ1v) is 7.20. The molecule has 2 rings (SSSR count). The Bertz CT molecular complexity index is 575. The molecule has 0 radical (unpaired) electrons. The van der Waals surface area contributed by atoms with Crippen LogP contribution in [0.3, 0.4) is 0 Å². The zero-order valence-electron chi connectivity index (χ0n) is 12.8. The van der Waals surface area contributed by atoms with Crippen molar-refractivity contribution >= 4 is 5.91 Å². The van der Waals surface area contributed by atoms with E-state index in [9.17, 15) is 4.79 Å². The zero-order chi connectivity index (χ0) is 15.4. The van der Waals surface area contributed by atoms with E-state index in [0.717, 1.165) is 6.42 Å². The Morgan fingerprint density at radius 3 is 2.71 bits per heavy atom. The van der Waals surface area contributed by atoms with E-state index >= 15 is 0 Å². The Morgan fingerprint density at radius 1 is 1.38 bits per heavy atom. The smallest absolute Gasteiger partial charge is 0.249 e. The third-order valence-corrected chi connectivity index (χ3v) is 3.48. The van der Waals surface area contributed by atoms with Crippen LogP contribution < -0.4 is 5.32 Å². The molecular weight excluding hydrogens is 270 g/mol. The van der Waals surface area contributed by atoms with Gasteiger partial charge in [0, 0.05) is 5.92 Å². The van der Waals surface area contributed by atoms with Crippen LogP contribution in [0.5, 0.6) is 0 Å². The zero-order valence-corrected chi connectivity index (χ0v) is 12.8. The summed E-state index contributed by atoms with van der Waals surface area (Å²) in [6, 6.07) is 3.23. The van der Waals surface area contributed by atoms with Gasteiger partial charge in [-0.05, 0) is 18.1 Å². The van der Waals surface area contributed by atoms with Crippen LogP contribution in [0.25, 0.3) is 11.6 Å². The third kappa shape index (κ3) is 3.51. The molecular formula is C15H21N3O3. The number of carbonyl (C=O) groups excluding carboxylic acids is 1. The molecule has 0 aliphatic carbocycles. The Labute approximate surface area is 123 Å². The monoisotopic (exact) mass is 291 g/mol. The third-order valence-electron chi connectivity index (χ3n) is 3.48. The van der Waals surface area contributed by atoms with Gasteiger partial charge in [0.05, 0.1) is 6.26 Å². The van der Waals surface area contributed by atoms with E-state index in [1.807, 2.05) is 20.8 Å². The average Bonchev–Trinajstić information content (AvgIpc) is 3.13. The van der Waals surface area contributed by atoms with Gasteiger partial charge < -0.3 is 14.3 Å². The molecule has 2 atom stereocenters. The molecule has 6 nitrogen and oxygen atoms in total. The standard InChI is InChI=1S/C15H21N3O3/c1-5-10(4)12(16-14(19)9(2)3)15-17-13(18-21-15)11-7-6-8-20-11/h6-10,12H,5H2,1-4H3,(H,16,19)/t10-,12-/m1/s1. The summed E-state index contributed by atoms with van der Waals surface area (Å²) in [5, 5.41) is 6.89. The summed E-state index contributed by atoms with van der Waals surface area (Å²) in [5.74, 6) is 1.41. The molecule has 0 aliphatic heterocycles. The number of nitrogens with one attached hydrogen (secondary N) is 1. The van der Waals surface area contributed by atoms with Crippen LogP contribution in [-0.2, 0) is 4.79 Å². The van der Waals surface area contributed by atoms with Gasteiger partial charge in [-0.2, -0.15) is 4.98 Å². The molecule has 0 spiro atoms. The average molecular weight is 291 g/mol. The van der Waals surface area contributed by atoms with Crippen LogP contribution >= 0.6 is 0 Å². The molecule has 21 heavy (non-hydrogen) atoms. The second-order valence-electron chi connectivity index (χ2n) is 5.46. The molecule has 0 aliphatic rings. The van der Waals surface area contributed by atoms with Gasteiger partial charge in [-0.15, -0.1) is 0 Å². The summed E-state index contributed by atoms with van der Waals surface area (Å²) in [7, 11) is 0. The number of aromatic nitrogens is 2. The second kappa shape index (κ2) is 6.56. The first-order valence-electron chi connectivity index (χ1n) is 7.20. The lowest BCUT2D eigenvalue weighted by Crippen LogP contribution is -2.35. The van der Waals surface area contributed by atoms with Gasteiger partial charge in [0.1, 0.15) is 6.04 Å². The van der Waals surface area contributed by atoms with Crippen molar-refractivity contribution in [1.82, 2.24) is 15.5 Å². The van der Waals surface area contributed by atoms with Crippen molar-refractivity contribution in [1.29, 1.82) is 0 Å². The summed E-state index contributed by atoms with van der Waals surface area (Å²) in [6.07, 6.45) is 2.44. The van der Waals surface area contributed by atoms with Gasteiger partial charge in [-0.25, -0.2) is 0 Å². The molecule has 114 valence electrons. The summed E-state index contributed by atoms with van der Waals surface area (Å²) in [5.41, 5.74) is 0. The largest absolute Gasteiger partial charge is 0.461 e. The van der Waals surface area contributed by atoms with Crippen LogP contribution in [0.15, 0.2) is 27.3 Å². The number of carbonyl (C=O) groups is 1. The number of nitrogens with zero attached hydrogens (tertiary/aromatic N) is 2.